The number of aromatic nitrogens is 2. The summed E-state index contributed by atoms with van der Waals surface area (Å²) in [5, 5.41) is 8.95. The van der Waals surface area contributed by atoms with Crippen LogP contribution < -0.4 is 9.46 Å². The van der Waals surface area contributed by atoms with Gasteiger partial charge in [-0.15, -0.1) is 0 Å². The van der Waals surface area contributed by atoms with E-state index in [4.69, 9.17) is 27.9 Å². The van der Waals surface area contributed by atoms with Gasteiger partial charge in [-0.2, -0.15) is 5.10 Å². The van der Waals surface area contributed by atoms with Crippen molar-refractivity contribution in [3.63, 3.8) is 0 Å². The third-order valence-corrected chi connectivity index (χ3v) is 6.33. The molecule has 0 spiro atoms. The van der Waals surface area contributed by atoms with Crippen LogP contribution in [0, 0.1) is 0 Å². The van der Waals surface area contributed by atoms with Gasteiger partial charge in [0.15, 0.2) is 0 Å². The number of halogens is 2. The topological polar surface area (TPSA) is 84.1 Å². The Morgan fingerprint density at radius 3 is 2.59 bits per heavy atom. The predicted octanol–water partition coefficient (Wildman–Crippen LogP) is 5.35. The van der Waals surface area contributed by atoms with Gasteiger partial charge < -0.3 is 4.74 Å². The summed E-state index contributed by atoms with van der Waals surface area (Å²) in [6.07, 6.45) is 0. The number of ether oxygens (including phenoxy) is 1. The van der Waals surface area contributed by atoms with Crippen LogP contribution in [0.5, 0.6) is 5.75 Å². The highest BCUT2D eigenvalue weighted by Crippen LogP contribution is 2.33. The lowest BCUT2D eigenvalue weighted by atomic mass is 10.1. The SMILES string of the molecule is COc1ccc(Cl)cc1S(=O)(=O)Nc1ccc2c(-c3ccccc3Cl)n[nH]c2c1. The molecule has 0 atom stereocenters. The molecule has 29 heavy (non-hydrogen) atoms. The second-order valence-corrected chi connectivity index (χ2v) is 8.71. The minimum atomic E-state index is -3.91. The van der Waals surface area contributed by atoms with Gasteiger partial charge in [-0.1, -0.05) is 41.4 Å². The van der Waals surface area contributed by atoms with Gasteiger partial charge in [0, 0.05) is 16.0 Å². The summed E-state index contributed by atoms with van der Waals surface area (Å²) in [7, 11) is -2.52. The molecule has 0 saturated heterocycles. The van der Waals surface area contributed by atoms with Gasteiger partial charge in [-0.25, -0.2) is 8.42 Å². The number of hydrogen-bond acceptors (Lipinski definition) is 4. The van der Waals surface area contributed by atoms with Gasteiger partial charge >= 0.3 is 0 Å². The molecule has 1 heterocycles. The molecular formula is C20H15Cl2N3O3S. The number of aromatic amines is 1. The summed E-state index contributed by atoms with van der Waals surface area (Å²) < 4.78 is 33.4. The number of rotatable bonds is 5. The molecule has 4 aromatic rings. The van der Waals surface area contributed by atoms with Gasteiger partial charge in [-0.3, -0.25) is 9.82 Å². The third-order valence-electron chi connectivity index (χ3n) is 4.36. The monoisotopic (exact) mass is 447 g/mol. The predicted molar refractivity (Wildman–Crippen MR) is 115 cm³/mol. The van der Waals surface area contributed by atoms with E-state index in [9.17, 15) is 8.42 Å². The molecule has 9 heteroatoms. The first-order valence-electron chi connectivity index (χ1n) is 8.48. The highest BCUT2D eigenvalue weighted by Gasteiger charge is 2.21. The molecule has 0 aliphatic heterocycles. The van der Waals surface area contributed by atoms with Crippen LogP contribution >= 0.6 is 23.2 Å². The zero-order valence-corrected chi connectivity index (χ0v) is 17.4. The van der Waals surface area contributed by atoms with Crippen LogP contribution in [0.4, 0.5) is 5.69 Å². The van der Waals surface area contributed by atoms with Crippen LogP contribution in [-0.4, -0.2) is 25.7 Å². The van der Waals surface area contributed by atoms with E-state index in [0.29, 0.717) is 26.9 Å². The molecule has 0 aliphatic carbocycles. The summed E-state index contributed by atoms with van der Waals surface area (Å²) in [5.74, 6) is 0.200. The van der Waals surface area contributed by atoms with Crippen LogP contribution in [0.1, 0.15) is 0 Å². The van der Waals surface area contributed by atoms with Crippen LogP contribution in [0.15, 0.2) is 65.6 Å². The fourth-order valence-electron chi connectivity index (χ4n) is 3.01. The van der Waals surface area contributed by atoms with Crippen LogP contribution in [0.2, 0.25) is 10.0 Å². The molecule has 0 unspecified atom stereocenters. The number of methoxy groups -OCH3 is 1. The van der Waals surface area contributed by atoms with Crippen molar-refractivity contribution in [2.45, 2.75) is 4.90 Å². The number of benzene rings is 3. The number of nitrogens with one attached hydrogen (secondary N) is 2. The Hall–Kier alpha value is -2.74. The van der Waals surface area contributed by atoms with Crippen molar-refractivity contribution in [2.24, 2.45) is 0 Å². The number of H-pyrrole nitrogens is 1. The van der Waals surface area contributed by atoms with Crippen molar-refractivity contribution >= 4 is 49.8 Å². The van der Waals surface area contributed by atoms with E-state index in [2.05, 4.69) is 14.9 Å². The summed E-state index contributed by atoms with van der Waals surface area (Å²) in [6, 6.07) is 16.9. The Morgan fingerprint density at radius 2 is 1.83 bits per heavy atom. The second kappa shape index (κ2) is 7.59. The lowest BCUT2D eigenvalue weighted by Crippen LogP contribution is -2.14. The van der Waals surface area contributed by atoms with E-state index in [1.807, 2.05) is 18.2 Å². The summed E-state index contributed by atoms with van der Waals surface area (Å²) in [4.78, 5) is -0.0473. The molecule has 6 nitrogen and oxygen atoms in total. The number of sulfonamides is 1. The van der Waals surface area contributed by atoms with Crippen molar-refractivity contribution < 1.29 is 13.2 Å². The first-order valence-corrected chi connectivity index (χ1v) is 10.7. The standard InChI is InChI=1S/C20H15Cl2N3O3S/c1-28-18-9-6-12(21)10-19(18)29(26,27)25-13-7-8-15-17(11-13)23-24-20(15)14-4-2-3-5-16(14)22/h2-11,25H,1H3,(H,23,24). The Bertz CT molecular complexity index is 1320. The molecule has 2 N–H and O–H groups in total. The lowest BCUT2D eigenvalue weighted by Gasteiger charge is -2.12. The van der Waals surface area contributed by atoms with Crippen molar-refractivity contribution in [1.29, 1.82) is 0 Å². The lowest BCUT2D eigenvalue weighted by molar-refractivity contribution is 0.403. The van der Waals surface area contributed by atoms with E-state index in [-0.39, 0.29) is 10.6 Å². The Balaban J connectivity index is 1.71. The number of hydrogen-bond donors (Lipinski definition) is 2. The molecule has 0 radical (unpaired) electrons. The van der Waals surface area contributed by atoms with E-state index in [1.54, 1.807) is 30.3 Å². The van der Waals surface area contributed by atoms with Gasteiger partial charge in [0.1, 0.15) is 16.3 Å². The average molecular weight is 448 g/mol. The fraction of sp³-hybridized carbons (Fsp3) is 0.0500. The second-order valence-electron chi connectivity index (χ2n) is 6.21. The number of fused-ring (bicyclic) bond motifs is 1. The molecule has 148 valence electrons. The molecule has 0 saturated carbocycles. The quantitative estimate of drug-likeness (QED) is 0.431. The van der Waals surface area contributed by atoms with Gasteiger partial charge in [0.25, 0.3) is 10.0 Å². The Kier molecular flexibility index (Phi) is 5.12. The molecule has 0 aliphatic rings. The largest absolute Gasteiger partial charge is 0.495 e. The molecular weight excluding hydrogens is 433 g/mol. The van der Waals surface area contributed by atoms with Crippen molar-refractivity contribution in [2.75, 3.05) is 11.8 Å². The Morgan fingerprint density at radius 1 is 1.03 bits per heavy atom. The zero-order valence-electron chi connectivity index (χ0n) is 15.1. The zero-order chi connectivity index (χ0) is 20.6. The molecule has 1 aromatic heterocycles. The third kappa shape index (κ3) is 3.76. The summed E-state index contributed by atoms with van der Waals surface area (Å²) in [5.41, 5.74) is 2.51. The summed E-state index contributed by atoms with van der Waals surface area (Å²) >= 11 is 12.2. The average Bonchev–Trinajstić information content (AvgIpc) is 3.11. The van der Waals surface area contributed by atoms with Crippen LogP contribution in [0.3, 0.4) is 0 Å². The van der Waals surface area contributed by atoms with Gasteiger partial charge in [0.2, 0.25) is 0 Å². The fourth-order valence-corrected chi connectivity index (χ4v) is 4.72. The minimum Gasteiger partial charge on any atom is -0.495 e. The normalized spacial score (nSPS) is 11.6. The maximum atomic E-state index is 12.8. The van der Waals surface area contributed by atoms with Gasteiger partial charge in [0.05, 0.1) is 23.3 Å². The van der Waals surface area contributed by atoms with E-state index < -0.39 is 10.0 Å². The molecule has 0 fully saturated rings. The number of nitrogens with zero attached hydrogens (tertiary/aromatic N) is 1. The minimum absolute atomic E-state index is 0.0473. The first-order chi connectivity index (χ1) is 13.9. The molecule has 0 amide bonds. The number of anilines is 1. The Labute approximate surface area is 177 Å². The maximum Gasteiger partial charge on any atom is 0.265 e. The maximum absolute atomic E-state index is 12.8. The first kappa shape index (κ1) is 19.6. The van der Waals surface area contributed by atoms with Crippen LogP contribution in [0.25, 0.3) is 22.2 Å². The van der Waals surface area contributed by atoms with E-state index in [1.165, 1.54) is 19.2 Å². The highest BCUT2D eigenvalue weighted by molar-refractivity contribution is 7.92. The van der Waals surface area contributed by atoms with E-state index >= 15 is 0 Å². The summed E-state index contributed by atoms with van der Waals surface area (Å²) in [6.45, 7) is 0. The smallest absolute Gasteiger partial charge is 0.265 e. The van der Waals surface area contributed by atoms with Crippen molar-refractivity contribution in [3.05, 3.63) is 70.7 Å². The molecule has 3 aromatic carbocycles. The van der Waals surface area contributed by atoms with Crippen LogP contribution in [-0.2, 0) is 10.0 Å². The van der Waals surface area contributed by atoms with Gasteiger partial charge in [-0.05, 0) is 42.5 Å². The van der Waals surface area contributed by atoms with E-state index in [0.717, 1.165) is 10.9 Å². The molecule has 0 bridgehead atoms. The highest BCUT2D eigenvalue weighted by atomic mass is 35.5. The van der Waals surface area contributed by atoms with Crippen molar-refractivity contribution in [3.8, 4) is 17.0 Å². The molecule has 4 rings (SSSR count). The van der Waals surface area contributed by atoms with Crippen molar-refractivity contribution in [1.82, 2.24) is 10.2 Å².